The van der Waals surface area contributed by atoms with E-state index in [4.69, 9.17) is 0 Å². The van der Waals surface area contributed by atoms with Crippen molar-refractivity contribution in [2.75, 3.05) is 24.6 Å². The van der Waals surface area contributed by atoms with Crippen LogP contribution in [0.15, 0.2) is 27.1 Å². The summed E-state index contributed by atoms with van der Waals surface area (Å²) in [5.41, 5.74) is 0.556. The van der Waals surface area contributed by atoms with Gasteiger partial charge in [0.2, 0.25) is 0 Å². The van der Waals surface area contributed by atoms with Gasteiger partial charge in [-0.2, -0.15) is 0 Å². The summed E-state index contributed by atoms with van der Waals surface area (Å²) in [6, 6.07) is 5.34. The Morgan fingerprint density at radius 2 is 1.68 bits per heavy atom. The van der Waals surface area contributed by atoms with Gasteiger partial charge in [0.1, 0.15) is 0 Å². The smallest absolute Gasteiger partial charge is 0.253 e. The van der Waals surface area contributed by atoms with Crippen molar-refractivity contribution in [1.82, 2.24) is 4.90 Å². The van der Waals surface area contributed by atoms with Gasteiger partial charge in [-0.3, -0.25) is 4.79 Å². The highest BCUT2D eigenvalue weighted by Crippen LogP contribution is 2.21. The number of carbonyl (C=O) groups excluding carboxylic acids is 1. The van der Waals surface area contributed by atoms with E-state index < -0.39 is 9.84 Å². The van der Waals surface area contributed by atoms with E-state index in [0.717, 1.165) is 8.95 Å². The third-order valence-corrected chi connectivity index (χ3v) is 5.58. The zero-order chi connectivity index (χ0) is 14.0. The molecule has 0 atom stereocenters. The number of halogens is 2. The largest absolute Gasteiger partial charge is 0.338 e. The highest BCUT2D eigenvalue weighted by atomic mass is 79.9. The molecule has 2 rings (SSSR count). The zero-order valence-corrected chi connectivity index (χ0v) is 14.1. The number of amides is 1. The summed E-state index contributed by atoms with van der Waals surface area (Å²) in [6.07, 6.45) is 0.503. The Morgan fingerprint density at radius 1 is 1.05 bits per heavy atom. The summed E-state index contributed by atoms with van der Waals surface area (Å²) in [7, 11) is -3.00. The number of rotatable bonds is 1. The molecule has 0 bridgehead atoms. The molecule has 1 aliphatic heterocycles. The van der Waals surface area contributed by atoms with Gasteiger partial charge >= 0.3 is 0 Å². The summed E-state index contributed by atoms with van der Waals surface area (Å²) in [5.74, 6) is 0.0893. The first-order valence-electron chi connectivity index (χ1n) is 5.83. The molecule has 0 spiro atoms. The fourth-order valence-corrected chi connectivity index (χ4v) is 4.57. The fourth-order valence-electron chi connectivity index (χ4n) is 2.00. The third kappa shape index (κ3) is 4.03. The number of hydrogen-bond donors (Lipinski definition) is 0. The zero-order valence-electron chi connectivity index (χ0n) is 10.1. The standard InChI is InChI=1S/C12H13Br2NO3S/c13-10-6-9(7-11(14)8-10)12(16)15-2-1-4-19(17,18)5-3-15/h6-8H,1-5H2. The molecule has 1 fully saturated rings. The maximum absolute atomic E-state index is 12.4. The Hall–Kier alpha value is -0.400. The number of benzene rings is 1. The third-order valence-electron chi connectivity index (χ3n) is 2.95. The Balaban J connectivity index is 2.19. The van der Waals surface area contributed by atoms with Crippen molar-refractivity contribution in [2.24, 2.45) is 0 Å². The van der Waals surface area contributed by atoms with Crippen molar-refractivity contribution in [2.45, 2.75) is 6.42 Å². The van der Waals surface area contributed by atoms with Crippen molar-refractivity contribution < 1.29 is 13.2 Å². The predicted octanol–water partition coefficient (Wildman–Crippen LogP) is 2.47. The van der Waals surface area contributed by atoms with E-state index in [2.05, 4.69) is 31.9 Å². The lowest BCUT2D eigenvalue weighted by atomic mass is 10.2. The molecule has 0 unspecified atom stereocenters. The van der Waals surface area contributed by atoms with Crippen molar-refractivity contribution >= 4 is 47.6 Å². The van der Waals surface area contributed by atoms with Crippen LogP contribution in [0.4, 0.5) is 0 Å². The van der Waals surface area contributed by atoms with E-state index in [1.165, 1.54) is 0 Å². The van der Waals surface area contributed by atoms with Crippen molar-refractivity contribution in [3.05, 3.63) is 32.7 Å². The van der Waals surface area contributed by atoms with Crippen LogP contribution in [-0.4, -0.2) is 43.8 Å². The monoisotopic (exact) mass is 409 g/mol. The second-order valence-corrected chi connectivity index (χ2v) is 8.59. The summed E-state index contributed by atoms with van der Waals surface area (Å²) in [5, 5.41) is 0. The van der Waals surface area contributed by atoms with Crippen LogP contribution in [0, 0.1) is 0 Å². The molecule has 4 nitrogen and oxygen atoms in total. The first-order valence-corrected chi connectivity index (χ1v) is 9.24. The summed E-state index contributed by atoms with van der Waals surface area (Å²) in [4.78, 5) is 14.0. The molecule has 0 saturated carbocycles. The van der Waals surface area contributed by atoms with Crippen LogP contribution < -0.4 is 0 Å². The SMILES string of the molecule is O=C(c1cc(Br)cc(Br)c1)N1CCCS(=O)(=O)CC1. The fraction of sp³-hybridized carbons (Fsp3) is 0.417. The van der Waals surface area contributed by atoms with Crippen LogP contribution >= 0.6 is 31.9 Å². The lowest BCUT2D eigenvalue weighted by Gasteiger charge is -2.20. The minimum atomic E-state index is -3.00. The van der Waals surface area contributed by atoms with Crippen LogP contribution in [0.1, 0.15) is 16.8 Å². The van der Waals surface area contributed by atoms with Crippen LogP contribution in [0.5, 0.6) is 0 Å². The molecule has 1 aliphatic rings. The van der Waals surface area contributed by atoms with Crippen molar-refractivity contribution in [1.29, 1.82) is 0 Å². The lowest BCUT2D eigenvalue weighted by Crippen LogP contribution is -2.33. The van der Waals surface area contributed by atoms with E-state index in [1.807, 2.05) is 6.07 Å². The van der Waals surface area contributed by atoms with Gasteiger partial charge in [0.05, 0.1) is 11.5 Å². The molecule has 1 amide bonds. The molecule has 0 aromatic heterocycles. The molecule has 104 valence electrons. The quantitative estimate of drug-likeness (QED) is 0.714. The average molecular weight is 411 g/mol. The Labute approximate surface area is 129 Å². The van der Waals surface area contributed by atoms with E-state index in [-0.39, 0.29) is 24.0 Å². The maximum atomic E-state index is 12.4. The van der Waals surface area contributed by atoms with Gasteiger partial charge in [-0.25, -0.2) is 8.42 Å². The second kappa shape index (κ2) is 5.93. The number of sulfone groups is 1. The molecule has 0 radical (unpaired) electrons. The molecule has 19 heavy (non-hydrogen) atoms. The van der Waals surface area contributed by atoms with Crippen LogP contribution in [0.25, 0.3) is 0 Å². The first-order chi connectivity index (χ1) is 8.87. The first kappa shape index (κ1) is 15.0. The van der Waals surface area contributed by atoms with Gasteiger partial charge in [0.25, 0.3) is 5.91 Å². The van der Waals surface area contributed by atoms with Crippen molar-refractivity contribution in [3.8, 4) is 0 Å². The highest BCUT2D eigenvalue weighted by molar-refractivity contribution is 9.11. The summed E-state index contributed by atoms with van der Waals surface area (Å²) >= 11 is 6.68. The van der Waals surface area contributed by atoms with E-state index in [1.54, 1.807) is 17.0 Å². The minimum absolute atomic E-state index is 0.0495. The molecular weight excluding hydrogens is 398 g/mol. The topological polar surface area (TPSA) is 54.5 Å². The maximum Gasteiger partial charge on any atom is 0.253 e. The molecule has 7 heteroatoms. The Bertz CT molecular complexity index is 581. The highest BCUT2D eigenvalue weighted by Gasteiger charge is 2.23. The number of nitrogens with zero attached hydrogens (tertiary/aromatic N) is 1. The molecule has 0 N–H and O–H groups in total. The van der Waals surface area contributed by atoms with E-state index in [0.29, 0.717) is 18.5 Å². The predicted molar refractivity (Wildman–Crippen MR) is 81.0 cm³/mol. The molecule has 1 aromatic rings. The molecule has 1 saturated heterocycles. The number of hydrogen-bond acceptors (Lipinski definition) is 3. The van der Waals surface area contributed by atoms with E-state index in [9.17, 15) is 13.2 Å². The Kier molecular flexibility index (Phi) is 4.68. The van der Waals surface area contributed by atoms with Gasteiger partial charge in [-0.05, 0) is 24.6 Å². The minimum Gasteiger partial charge on any atom is -0.338 e. The molecular formula is C12H13Br2NO3S. The number of carbonyl (C=O) groups is 1. The van der Waals surface area contributed by atoms with Crippen LogP contribution in [0.2, 0.25) is 0 Å². The summed E-state index contributed by atoms with van der Waals surface area (Å²) in [6.45, 7) is 0.757. The van der Waals surface area contributed by atoms with Crippen LogP contribution in [-0.2, 0) is 9.84 Å². The molecule has 0 aliphatic carbocycles. The van der Waals surface area contributed by atoms with Gasteiger partial charge in [-0.15, -0.1) is 0 Å². The van der Waals surface area contributed by atoms with Crippen molar-refractivity contribution in [3.63, 3.8) is 0 Å². The normalized spacial score (nSPS) is 18.9. The molecule has 1 heterocycles. The van der Waals surface area contributed by atoms with Gasteiger partial charge < -0.3 is 4.90 Å². The Morgan fingerprint density at radius 3 is 2.32 bits per heavy atom. The lowest BCUT2D eigenvalue weighted by molar-refractivity contribution is 0.0768. The summed E-state index contributed by atoms with van der Waals surface area (Å²) < 4.78 is 24.7. The van der Waals surface area contributed by atoms with Gasteiger partial charge in [0, 0.05) is 27.6 Å². The molecule has 1 aromatic carbocycles. The van der Waals surface area contributed by atoms with E-state index >= 15 is 0 Å². The van der Waals surface area contributed by atoms with Crippen LogP contribution in [0.3, 0.4) is 0 Å². The second-order valence-electron chi connectivity index (χ2n) is 4.46. The van der Waals surface area contributed by atoms with Gasteiger partial charge in [-0.1, -0.05) is 31.9 Å². The average Bonchev–Trinajstić information content (AvgIpc) is 2.48. The van der Waals surface area contributed by atoms with Gasteiger partial charge in [0.15, 0.2) is 9.84 Å².